The van der Waals surface area contributed by atoms with Crippen LogP contribution in [0.25, 0.3) is 0 Å². The average Bonchev–Trinajstić information content (AvgIpc) is 2.75. The zero-order valence-corrected chi connectivity index (χ0v) is 12.5. The molecular formula is C11H12ClN3O2S2. The van der Waals surface area contributed by atoms with Crippen LogP contribution in [-0.2, 0) is 16.4 Å². The molecule has 0 aromatic carbocycles. The summed E-state index contributed by atoms with van der Waals surface area (Å²) in [6, 6.07) is 1.44. The maximum Gasteiger partial charge on any atom is 0.243 e. The number of nitrogens with one attached hydrogen (secondary N) is 1. The third kappa shape index (κ3) is 3.73. The highest BCUT2D eigenvalue weighted by Crippen LogP contribution is 2.18. The first-order valence-corrected chi connectivity index (χ1v) is 8.23. The van der Waals surface area contributed by atoms with Crippen LogP contribution in [0.5, 0.6) is 0 Å². The molecular weight excluding hydrogens is 306 g/mol. The minimum absolute atomic E-state index is 0.00822. The molecule has 2 rings (SSSR count). The summed E-state index contributed by atoms with van der Waals surface area (Å²) in [7, 11) is -3.62. The van der Waals surface area contributed by atoms with E-state index in [9.17, 15) is 8.42 Å². The van der Waals surface area contributed by atoms with Crippen molar-refractivity contribution in [3.05, 3.63) is 39.6 Å². The van der Waals surface area contributed by atoms with Crippen LogP contribution in [0.4, 0.5) is 0 Å². The zero-order valence-electron chi connectivity index (χ0n) is 10.1. The van der Waals surface area contributed by atoms with E-state index >= 15 is 0 Å². The van der Waals surface area contributed by atoms with Gasteiger partial charge in [-0.1, -0.05) is 11.6 Å². The van der Waals surface area contributed by atoms with Gasteiger partial charge < -0.3 is 0 Å². The predicted molar refractivity (Wildman–Crippen MR) is 75.0 cm³/mol. The van der Waals surface area contributed by atoms with Gasteiger partial charge in [-0.2, -0.15) is 0 Å². The van der Waals surface area contributed by atoms with Crippen molar-refractivity contribution in [2.24, 2.45) is 0 Å². The van der Waals surface area contributed by atoms with Gasteiger partial charge in [0.1, 0.15) is 4.90 Å². The monoisotopic (exact) mass is 317 g/mol. The number of sulfonamides is 1. The van der Waals surface area contributed by atoms with Crippen LogP contribution < -0.4 is 4.72 Å². The Bertz CT molecular complexity index is 670. The van der Waals surface area contributed by atoms with Crippen LogP contribution in [0.1, 0.15) is 10.7 Å². The van der Waals surface area contributed by atoms with Crippen molar-refractivity contribution in [3.8, 4) is 0 Å². The Balaban J connectivity index is 2.01. The maximum atomic E-state index is 12.0. The van der Waals surface area contributed by atoms with Gasteiger partial charge in [-0.15, -0.1) is 11.3 Å². The molecule has 0 fully saturated rings. The first-order valence-electron chi connectivity index (χ1n) is 5.49. The third-order valence-electron chi connectivity index (χ3n) is 2.36. The summed E-state index contributed by atoms with van der Waals surface area (Å²) in [5.41, 5.74) is 0.877. The molecule has 19 heavy (non-hydrogen) atoms. The Labute approximate surface area is 120 Å². The number of hydrogen-bond acceptors (Lipinski definition) is 5. The SMILES string of the molecule is Cc1nc(CCNS(=O)(=O)c2cnccc2Cl)cs1. The zero-order chi connectivity index (χ0) is 13.9. The predicted octanol–water partition coefficient (Wildman–Crippen LogP) is 2.02. The van der Waals surface area contributed by atoms with Crippen LogP contribution in [0.3, 0.4) is 0 Å². The third-order valence-corrected chi connectivity index (χ3v) is 5.12. The van der Waals surface area contributed by atoms with Gasteiger partial charge in [-0.05, 0) is 13.0 Å². The molecule has 0 unspecified atom stereocenters. The number of halogens is 1. The molecule has 0 saturated carbocycles. The topological polar surface area (TPSA) is 72.0 Å². The Morgan fingerprint density at radius 2 is 2.26 bits per heavy atom. The molecule has 0 amide bonds. The van der Waals surface area contributed by atoms with Crippen molar-refractivity contribution in [1.29, 1.82) is 0 Å². The summed E-state index contributed by atoms with van der Waals surface area (Å²) >= 11 is 7.38. The van der Waals surface area contributed by atoms with Gasteiger partial charge in [0.2, 0.25) is 10.0 Å². The molecule has 0 aliphatic carbocycles. The molecule has 0 spiro atoms. The van der Waals surface area contributed by atoms with E-state index in [1.165, 1.54) is 18.5 Å². The first kappa shape index (κ1) is 14.4. The normalized spacial score (nSPS) is 11.7. The summed E-state index contributed by atoms with van der Waals surface area (Å²) in [6.45, 7) is 2.18. The van der Waals surface area contributed by atoms with E-state index in [4.69, 9.17) is 11.6 Å². The number of nitrogens with zero attached hydrogens (tertiary/aromatic N) is 2. The molecule has 2 aromatic heterocycles. The molecule has 2 aromatic rings. The van der Waals surface area contributed by atoms with Crippen molar-refractivity contribution < 1.29 is 8.42 Å². The number of pyridine rings is 1. The van der Waals surface area contributed by atoms with E-state index in [2.05, 4.69) is 14.7 Å². The lowest BCUT2D eigenvalue weighted by atomic mass is 10.3. The molecule has 0 radical (unpaired) electrons. The summed E-state index contributed by atoms with van der Waals surface area (Å²) in [5, 5.41) is 3.04. The number of aromatic nitrogens is 2. The molecule has 8 heteroatoms. The molecule has 2 heterocycles. The standard InChI is InChI=1S/C11H12ClN3O2S2/c1-8-15-9(7-18-8)2-5-14-19(16,17)11-6-13-4-3-10(11)12/h3-4,6-7,14H,2,5H2,1H3. The molecule has 0 aliphatic rings. The second kappa shape index (κ2) is 5.96. The molecule has 0 saturated heterocycles. The highest BCUT2D eigenvalue weighted by atomic mass is 35.5. The van der Waals surface area contributed by atoms with E-state index in [0.717, 1.165) is 10.7 Å². The molecule has 0 bridgehead atoms. The van der Waals surface area contributed by atoms with E-state index in [-0.39, 0.29) is 16.5 Å². The van der Waals surface area contributed by atoms with Gasteiger partial charge in [0.25, 0.3) is 0 Å². The van der Waals surface area contributed by atoms with Gasteiger partial charge in [0, 0.05) is 30.7 Å². The molecule has 1 N–H and O–H groups in total. The smallest absolute Gasteiger partial charge is 0.243 e. The van der Waals surface area contributed by atoms with Gasteiger partial charge in [-0.25, -0.2) is 18.1 Å². The quantitative estimate of drug-likeness (QED) is 0.915. The van der Waals surface area contributed by atoms with Crippen molar-refractivity contribution in [2.75, 3.05) is 6.54 Å². The van der Waals surface area contributed by atoms with E-state index in [1.807, 2.05) is 12.3 Å². The van der Waals surface area contributed by atoms with Gasteiger partial charge in [-0.3, -0.25) is 4.98 Å². The van der Waals surface area contributed by atoms with E-state index in [0.29, 0.717) is 6.42 Å². The minimum atomic E-state index is -3.62. The summed E-state index contributed by atoms with van der Waals surface area (Å²) < 4.78 is 26.5. The number of thiazole rings is 1. The summed E-state index contributed by atoms with van der Waals surface area (Å²) in [5.74, 6) is 0. The second-order valence-electron chi connectivity index (χ2n) is 3.81. The molecule has 5 nitrogen and oxygen atoms in total. The van der Waals surface area contributed by atoms with Gasteiger partial charge >= 0.3 is 0 Å². The Hall–Kier alpha value is -1.02. The summed E-state index contributed by atoms with van der Waals surface area (Å²) in [4.78, 5) is 8.02. The fourth-order valence-electron chi connectivity index (χ4n) is 1.48. The fourth-order valence-corrected chi connectivity index (χ4v) is 3.58. The van der Waals surface area contributed by atoms with Crippen molar-refractivity contribution in [1.82, 2.24) is 14.7 Å². The number of aryl methyl sites for hydroxylation is 1. The first-order chi connectivity index (χ1) is 8.99. The average molecular weight is 318 g/mol. The Kier molecular flexibility index (Phi) is 4.51. The van der Waals surface area contributed by atoms with Crippen LogP contribution >= 0.6 is 22.9 Å². The van der Waals surface area contributed by atoms with Gasteiger partial charge in [0.05, 0.1) is 15.7 Å². The van der Waals surface area contributed by atoms with Crippen molar-refractivity contribution in [3.63, 3.8) is 0 Å². The number of hydrogen-bond donors (Lipinski definition) is 1. The van der Waals surface area contributed by atoms with Crippen LogP contribution in [0, 0.1) is 6.92 Å². The van der Waals surface area contributed by atoms with Crippen LogP contribution in [0.15, 0.2) is 28.7 Å². The maximum absolute atomic E-state index is 12.0. The second-order valence-corrected chi connectivity index (χ2v) is 7.02. The molecule has 0 atom stereocenters. The van der Waals surface area contributed by atoms with Gasteiger partial charge in [0.15, 0.2) is 0 Å². The Morgan fingerprint density at radius 3 is 2.89 bits per heavy atom. The molecule has 0 aliphatic heterocycles. The fraction of sp³-hybridized carbons (Fsp3) is 0.273. The minimum Gasteiger partial charge on any atom is -0.263 e. The summed E-state index contributed by atoms with van der Waals surface area (Å²) in [6.07, 6.45) is 3.22. The molecule has 102 valence electrons. The van der Waals surface area contributed by atoms with E-state index in [1.54, 1.807) is 11.3 Å². The largest absolute Gasteiger partial charge is 0.263 e. The van der Waals surface area contributed by atoms with E-state index < -0.39 is 10.0 Å². The lowest BCUT2D eigenvalue weighted by Crippen LogP contribution is -2.26. The van der Waals surface area contributed by atoms with Crippen LogP contribution in [-0.4, -0.2) is 24.9 Å². The van der Waals surface area contributed by atoms with Crippen LogP contribution in [0.2, 0.25) is 5.02 Å². The highest BCUT2D eigenvalue weighted by molar-refractivity contribution is 7.89. The number of rotatable bonds is 5. The highest BCUT2D eigenvalue weighted by Gasteiger charge is 2.17. The Morgan fingerprint density at radius 1 is 1.47 bits per heavy atom. The van der Waals surface area contributed by atoms with Crippen molar-refractivity contribution >= 4 is 33.0 Å². The lowest BCUT2D eigenvalue weighted by molar-refractivity contribution is 0.581. The lowest BCUT2D eigenvalue weighted by Gasteiger charge is -2.06. The van der Waals surface area contributed by atoms with Crippen molar-refractivity contribution in [2.45, 2.75) is 18.2 Å².